The molecule has 0 spiro atoms. The van der Waals surface area contributed by atoms with Crippen LogP contribution in [0.4, 0.5) is 10.8 Å². The maximum atomic E-state index is 6.17. The molecule has 3 rings (SSSR count). The lowest BCUT2D eigenvalue weighted by molar-refractivity contribution is 1.32. The van der Waals surface area contributed by atoms with Crippen molar-refractivity contribution >= 4 is 44.0 Å². The van der Waals surface area contributed by atoms with Gasteiger partial charge in [0.2, 0.25) is 0 Å². The van der Waals surface area contributed by atoms with Crippen molar-refractivity contribution in [1.82, 2.24) is 4.98 Å². The molecule has 0 amide bonds. The number of benzene rings is 2. The van der Waals surface area contributed by atoms with E-state index in [0.717, 1.165) is 26.1 Å². The molecule has 1 N–H and O–H groups in total. The molecule has 0 aliphatic rings. The van der Waals surface area contributed by atoms with E-state index < -0.39 is 0 Å². The van der Waals surface area contributed by atoms with E-state index in [-0.39, 0.29) is 0 Å². The predicted octanol–water partition coefficient (Wildman–Crippen LogP) is 5.31. The first kappa shape index (κ1) is 12.5. The Balaban J connectivity index is 2.02. The SMILES string of the molecule is Cc1cccc(Nc2nc3cccc(Cl)c3s2)c1C. The van der Waals surface area contributed by atoms with Crippen molar-refractivity contribution in [1.29, 1.82) is 0 Å². The van der Waals surface area contributed by atoms with Crippen LogP contribution in [0, 0.1) is 13.8 Å². The minimum Gasteiger partial charge on any atom is -0.331 e. The molecule has 0 bridgehead atoms. The van der Waals surface area contributed by atoms with Gasteiger partial charge in [0.05, 0.1) is 15.2 Å². The van der Waals surface area contributed by atoms with Gasteiger partial charge in [0, 0.05) is 5.69 Å². The maximum absolute atomic E-state index is 6.17. The lowest BCUT2D eigenvalue weighted by Gasteiger charge is -2.08. The molecule has 0 saturated heterocycles. The summed E-state index contributed by atoms with van der Waals surface area (Å²) in [5, 5.41) is 5.00. The quantitative estimate of drug-likeness (QED) is 0.691. The van der Waals surface area contributed by atoms with Crippen LogP contribution in [0.3, 0.4) is 0 Å². The average Bonchev–Trinajstić information content (AvgIpc) is 2.79. The number of hydrogen-bond donors (Lipinski definition) is 1. The first-order chi connectivity index (χ1) is 9.15. The van der Waals surface area contributed by atoms with Crippen LogP contribution >= 0.6 is 22.9 Å². The molecule has 0 saturated carbocycles. The van der Waals surface area contributed by atoms with Crippen LogP contribution in [0.5, 0.6) is 0 Å². The summed E-state index contributed by atoms with van der Waals surface area (Å²) < 4.78 is 1.02. The van der Waals surface area contributed by atoms with Crippen molar-refractivity contribution in [3.63, 3.8) is 0 Å². The summed E-state index contributed by atoms with van der Waals surface area (Å²) in [7, 11) is 0. The summed E-state index contributed by atoms with van der Waals surface area (Å²) >= 11 is 7.75. The fraction of sp³-hybridized carbons (Fsp3) is 0.133. The van der Waals surface area contributed by atoms with E-state index in [2.05, 4.69) is 36.3 Å². The number of aromatic nitrogens is 1. The molecule has 0 radical (unpaired) electrons. The Morgan fingerprint density at radius 1 is 1.11 bits per heavy atom. The van der Waals surface area contributed by atoms with Crippen molar-refractivity contribution in [2.75, 3.05) is 5.32 Å². The molecule has 96 valence electrons. The van der Waals surface area contributed by atoms with Gasteiger partial charge >= 0.3 is 0 Å². The van der Waals surface area contributed by atoms with Crippen LogP contribution in [0.2, 0.25) is 5.02 Å². The molecule has 1 aromatic heterocycles. The second-order valence-corrected chi connectivity index (χ2v) is 5.89. The minimum atomic E-state index is 0.754. The molecule has 0 aliphatic carbocycles. The van der Waals surface area contributed by atoms with E-state index in [1.807, 2.05) is 24.3 Å². The topological polar surface area (TPSA) is 24.9 Å². The van der Waals surface area contributed by atoms with Crippen molar-refractivity contribution in [3.05, 3.63) is 52.5 Å². The number of nitrogens with zero attached hydrogens (tertiary/aromatic N) is 1. The lowest BCUT2D eigenvalue weighted by atomic mass is 10.1. The Kier molecular flexibility index (Phi) is 3.17. The fourth-order valence-electron chi connectivity index (χ4n) is 1.97. The second-order valence-electron chi connectivity index (χ2n) is 4.48. The van der Waals surface area contributed by atoms with Crippen LogP contribution in [-0.2, 0) is 0 Å². The normalized spacial score (nSPS) is 10.9. The molecule has 2 nitrogen and oxygen atoms in total. The third kappa shape index (κ3) is 2.31. The van der Waals surface area contributed by atoms with E-state index in [1.165, 1.54) is 11.1 Å². The number of halogens is 1. The molecule has 0 aliphatic heterocycles. The standard InChI is InChI=1S/C15H13ClN2S/c1-9-5-3-7-12(10(9)2)17-15-18-13-8-4-6-11(16)14(13)19-15/h3-8H,1-2H3,(H,17,18). The van der Waals surface area contributed by atoms with Crippen molar-refractivity contribution in [3.8, 4) is 0 Å². The minimum absolute atomic E-state index is 0.754. The molecule has 0 atom stereocenters. The Bertz CT molecular complexity index is 749. The maximum Gasteiger partial charge on any atom is 0.188 e. The van der Waals surface area contributed by atoms with Crippen LogP contribution in [0.25, 0.3) is 10.2 Å². The van der Waals surface area contributed by atoms with E-state index in [9.17, 15) is 0 Å². The zero-order valence-corrected chi connectivity index (χ0v) is 12.3. The lowest BCUT2D eigenvalue weighted by Crippen LogP contribution is -1.93. The first-order valence-electron chi connectivity index (χ1n) is 6.03. The van der Waals surface area contributed by atoms with Crippen LogP contribution in [0.15, 0.2) is 36.4 Å². The van der Waals surface area contributed by atoms with Crippen molar-refractivity contribution in [2.45, 2.75) is 13.8 Å². The van der Waals surface area contributed by atoms with Gasteiger partial charge in [-0.15, -0.1) is 0 Å². The van der Waals surface area contributed by atoms with Crippen LogP contribution in [-0.4, -0.2) is 4.98 Å². The summed E-state index contributed by atoms with van der Waals surface area (Å²) in [5.41, 5.74) is 4.54. The smallest absolute Gasteiger partial charge is 0.188 e. The van der Waals surface area contributed by atoms with Gasteiger partial charge in [0.1, 0.15) is 0 Å². The zero-order valence-electron chi connectivity index (χ0n) is 10.7. The summed E-state index contributed by atoms with van der Waals surface area (Å²) in [6.07, 6.45) is 0. The highest BCUT2D eigenvalue weighted by atomic mass is 35.5. The largest absolute Gasteiger partial charge is 0.331 e. The Hall–Kier alpha value is -1.58. The molecule has 3 aromatic rings. The monoisotopic (exact) mass is 288 g/mol. The van der Waals surface area contributed by atoms with Gasteiger partial charge in [-0.25, -0.2) is 4.98 Å². The summed E-state index contributed by atoms with van der Waals surface area (Å²) in [5.74, 6) is 0. The van der Waals surface area contributed by atoms with E-state index >= 15 is 0 Å². The van der Waals surface area contributed by atoms with E-state index in [4.69, 9.17) is 11.6 Å². The van der Waals surface area contributed by atoms with Gasteiger partial charge in [-0.2, -0.15) is 0 Å². The van der Waals surface area contributed by atoms with Crippen LogP contribution in [0.1, 0.15) is 11.1 Å². The Labute approximate surface area is 121 Å². The van der Waals surface area contributed by atoms with Crippen LogP contribution < -0.4 is 5.32 Å². The molecule has 4 heteroatoms. The van der Waals surface area contributed by atoms with Crippen molar-refractivity contribution in [2.24, 2.45) is 0 Å². The summed E-state index contributed by atoms with van der Waals surface area (Å²) in [6, 6.07) is 12.0. The molecule has 0 unspecified atom stereocenters. The highest BCUT2D eigenvalue weighted by Crippen LogP contribution is 2.33. The number of rotatable bonds is 2. The number of anilines is 2. The zero-order chi connectivity index (χ0) is 13.4. The fourth-order valence-corrected chi connectivity index (χ4v) is 3.14. The molecular weight excluding hydrogens is 276 g/mol. The summed E-state index contributed by atoms with van der Waals surface area (Å²) in [6.45, 7) is 4.22. The molecular formula is C15H13ClN2S. The van der Waals surface area contributed by atoms with E-state index in [1.54, 1.807) is 11.3 Å². The third-order valence-corrected chi connectivity index (χ3v) is 4.66. The van der Waals surface area contributed by atoms with Gasteiger partial charge in [-0.05, 0) is 43.2 Å². The van der Waals surface area contributed by atoms with Gasteiger partial charge in [0.25, 0.3) is 0 Å². The molecule has 0 fully saturated rings. The number of thiazole rings is 1. The Morgan fingerprint density at radius 3 is 2.68 bits per heavy atom. The number of aryl methyl sites for hydroxylation is 1. The van der Waals surface area contributed by atoms with E-state index in [0.29, 0.717) is 0 Å². The van der Waals surface area contributed by atoms with Gasteiger partial charge in [-0.1, -0.05) is 41.1 Å². The average molecular weight is 289 g/mol. The van der Waals surface area contributed by atoms with Gasteiger partial charge in [-0.3, -0.25) is 0 Å². The van der Waals surface area contributed by atoms with Gasteiger partial charge < -0.3 is 5.32 Å². The highest BCUT2D eigenvalue weighted by molar-refractivity contribution is 7.22. The molecule has 19 heavy (non-hydrogen) atoms. The number of hydrogen-bond acceptors (Lipinski definition) is 3. The van der Waals surface area contributed by atoms with Crippen molar-refractivity contribution < 1.29 is 0 Å². The predicted molar refractivity (Wildman–Crippen MR) is 83.8 cm³/mol. The number of fused-ring (bicyclic) bond motifs is 1. The van der Waals surface area contributed by atoms with Gasteiger partial charge in [0.15, 0.2) is 5.13 Å². The summed E-state index contributed by atoms with van der Waals surface area (Å²) in [4.78, 5) is 4.56. The number of nitrogens with one attached hydrogen (secondary N) is 1. The molecule has 2 aromatic carbocycles. The second kappa shape index (κ2) is 4.83. The third-order valence-electron chi connectivity index (χ3n) is 3.21. The Morgan fingerprint density at radius 2 is 1.89 bits per heavy atom. The first-order valence-corrected chi connectivity index (χ1v) is 7.23. The highest BCUT2D eigenvalue weighted by Gasteiger charge is 2.08. The molecule has 1 heterocycles.